The Hall–Kier alpha value is -2.64. The van der Waals surface area contributed by atoms with Crippen molar-refractivity contribution in [2.24, 2.45) is 11.8 Å². The van der Waals surface area contributed by atoms with Crippen LogP contribution in [0.5, 0.6) is 0 Å². The van der Waals surface area contributed by atoms with Gasteiger partial charge in [0.15, 0.2) is 0 Å². The van der Waals surface area contributed by atoms with E-state index in [4.69, 9.17) is 11.6 Å². The maximum absolute atomic E-state index is 14.2. The first-order valence-corrected chi connectivity index (χ1v) is 13.8. The second kappa shape index (κ2) is 12.7. The van der Waals surface area contributed by atoms with Crippen LogP contribution < -0.4 is 10.2 Å². The smallest absolute Gasteiger partial charge is 0.258 e. The molecule has 8 heteroatoms. The first-order valence-electron chi connectivity index (χ1n) is 13.5. The van der Waals surface area contributed by atoms with Gasteiger partial charge in [0.05, 0.1) is 10.6 Å². The molecule has 1 N–H and O–H groups in total. The standard InChI is InChI=1S/C29H38ClFN4O2/c1-3-33(4-2)15-13-27(36)32-14-7-9-21-8-5-10-24(16-21)34-17-22-19-35(20-23(22)18-34)29(37)28-25(30)11-6-12-26(28)31/h5-6,8,10-12,16,22-23H,3-4,7,9,13-15,17-20H2,1-2H3,(H,32,36). The highest BCUT2D eigenvalue weighted by Crippen LogP contribution is 2.35. The van der Waals surface area contributed by atoms with Crippen LogP contribution in [0.1, 0.15) is 42.6 Å². The van der Waals surface area contributed by atoms with E-state index in [-0.39, 0.29) is 22.4 Å². The van der Waals surface area contributed by atoms with Crippen molar-refractivity contribution in [1.82, 2.24) is 15.1 Å². The second-order valence-corrected chi connectivity index (χ2v) is 10.5. The zero-order valence-electron chi connectivity index (χ0n) is 21.9. The fourth-order valence-corrected chi connectivity index (χ4v) is 5.79. The molecular weight excluding hydrogens is 491 g/mol. The van der Waals surface area contributed by atoms with Gasteiger partial charge in [0.2, 0.25) is 5.91 Å². The first kappa shape index (κ1) is 27.4. The fourth-order valence-electron chi connectivity index (χ4n) is 5.55. The Bertz CT molecular complexity index is 1060. The van der Waals surface area contributed by atoms with Crippen molar-refractivity contribution >= 4 is 29.1 Å². The van der Waals surface area contributed by atoms with Crippen molar-refractivity contribution in [1.29, 1.82) is 0 Å². The molecule has 2 amide bonds. The molecule has 37 heavy (non-hydrogen) atoms. The summed E-state index contributed by atoms with van der Waals surface area (Å²) in [6.07, 6.45) is 2.36. The van der Waals surface area contributed by atoms with Crippen molar-refractivity contribution in [3.05, 3.63) is 64.4 Å². The molecule has 2 unspecified atom stereocenters. The molecule has 2 fully saturated rings. The molecule has 2 atom stereocenters. The molecule has 2 aromatic rings. The molecule has 200 valence electrons. The average Bonchev–Trinajstić information content (AvgIpc) is 3.47. The minimum absolute atomic E-state index is 0.0196. The predicted molar refractivity (Wildman–Crippen MR) is 147 cm³/mol. The molecule has 0 bridgehead atoms. The molecule has 2 aliphatic heterocycles. The van der Waals surface area contributed by atoms with E-state index in [1.54, 1.807) is 11.0 Å². The van der Waals surface area contributed by atoms with Gasteiger partial charge in [0, 0.05) is 63.2 Å². The molecule has 0 aromatic heterocycles. The van der Waals surface area contributed by atoms with Crippen molar-refractivity contribution in [2.45, 2.75) is 33.1 Å². The number of likely N-dealkylation sites (tertiary alicyclic amines) is 1. The number of hydrogen-bond donors (Lipinski definition) is 1. The van der Waals surface area contributed by atoms with Crippen molar-refractivity contribution in [2.75, 3.05) is 57.3 Å². The third-order valence-corrected chi connectivity index (χ3v) is 8.05. The Morgan fingerprint density at radius 2 is 1.76 bits per heavy atom. The van der Waals surface area contributed by atoms with Crippen LogP contribution >= 0.6 is 11.6 Å². The van der Waals surface area contributed by atoms with Crippen LogP contribution in [0.2, 0.25) is 5.02 Å². The maximum atomic E-state index is 14.2. The molecule has 2 aliphatic rings. The molecule has 0 aliphatic carbocycles. The fraction of sp³-hybridized carbons (Fsp3) is 0.517. The van der Waals surface area contributed by atoms with Gasteiger partial charge in [-0.05, 0) is 55.8 Å². The predicted octanol–water partition coefficient (Wildman–Crippen LogP) is 4.47. The summed E-state index contributed by atoms with van der Waals surface area (Å²) in [6, 6.07) is 13.0. The Labute approximate surface area is 224 Å². The Morgan fingerprint density at radius 3 is 2.43 bits per heavy atom. The first-order chi connectivity index (χ1) is 17.9. The van der Waals surface area contributed by atoms with Crippen LogP contribution in [0, 0.1) is 17.7 Å². The Kier molecular flexibility index (Phi) is 9.43. The summed E-state index contributed by atoms with van der Waals surface area (Å²) in [5, 5.41) is 3.21. The number of nitrogens with zero attached hydrogens (tertiary/aromatic N) is 3. The van der Waals surface area contributed by atoms with Crippen LogP contribution in [0.3, 0.4) is 0 Å². The monoisotopic (exact) mass is 528 g/mol. The van der Waals surface area contributed by atoms with E-state index in [9.17, 15) is 14.0 Å². The quantitative estimate of drug-likeness (QED) is 0.437. The lowest BCUT2D eigenvalue weighted by atomic mass is 10.0. The molecule has 2 heterocycles. The summed E-state index contributed by atoms with van der Waals surface area (Å²) in [4.78, 5) is 31.4. The summed E-state index contributed by atoms with van der Waals surface area (Å²) < 4.78 is 14.2. The normalized spacial score (nSPS) is 18.9. The number of rotatable bonds is 11. The van der Waals surface area contributed by atoms with Crippen molar-refractivity contribution in [3.63, 3.8) is 0 Å². The summed E-state index contributed by atoms with van der Waals surface area (Å²) in [7, 11) is 0. The van der Waals surface area contributed by atoms with Gasteiger partial charge in [-0.15, -0.1) is 0 Å². The SMILES string of the molecule is CCN(CC)CCC(=O)NCCCc1cccc(N2CC3CN(C(=O)c4c(F)cccc4Cl)CC3C2)c1. The molecule has 2 aromatic carbocycles. The number of carbonyl (C=O) groups excluding carboxylic acids is 2. The summed E-state index contributed by atoms with van der Waals surface area (Å²) in [5.74, 6) is -0.0261. The van der Waals surface area contributed by atoms with Crippen molar-refractivity contribution < 1.29 is 14.0 Å². The van der Waals surface area contributed by atoms with Gasteiger partial charge in [-0.1, -0.05) is 43.6 Å². The number of hydrogen-bond acceptors (Lipinski definition) is 4. The van der Waals surface area contributed by atoms with E-state index in [2.05, 4.69) is 53.2 Å². The van der Waals surface area contributed by atoms with Gasteiger partial charge < -0.3 is 20.0 Å². The zero-order chi connectivity index (χ0) is 26.4. The van der Waals surface area contributed by atoms with Crippen molar-refractivity contribution in [3.8, 4) is 0 Å². The van der Waals surface area contributed by atoms with Crippen LogP contribution in [0.15, 0.2) is 42.5 Å². The van der Waals surface area contributed by atoms with Crippen LogP contribution in [0.4, 0.5) is 10.1 Å². The van der Waals surface area contributed by atoms with E-state index in [0.29, 0.717) is 37.9 Å². The zero-order valence-corrected chi connectivity index (χ0v) is 22.6. The minimum Gasteiger partial charge on any atom is -0.371 e. The largest absolute Gasteiger partial charge is 0.371 e. The molecule has 0 saturated carbocycles. The number of carbonyl (C=O) groups is 2. The van der Waals surface area contributed by atoms with E-state index in [0.717, 1.165) is 45.6 Å². The van der Waals surface area contributed by atoms with Gasteiger partial charge in [-0.25, -0.2) is 4.39 Å². The number of halogens is 2. The maximum Gasteiger partial charge on any atom is 0.258 e. The van der Waals surface area contributed by atoms with Gasteiger partial charge in [-0.3, -0.25) is 9.59 Å². The Balaban J connectivity index is 1.23. The highest BCUT2D eigenvalue weighted by Gasteiger charge is 2.42. The van der Waals surface area contributed by atoms with E-state index < -0.39 is 5.82 Å². The molecule has 6 nitrogen and oxygen atoms in total. The third kappa shape index (κ3) is 6.82. The number of benzene rings is 2. The van der Waals surface area contributed by atoms with E-state index in [1.807, 2.05) is 0 Å². The summed E-state index contributed by atoms with van der Waals surface area (Å²) in [5.41, 5.74) is 2.44. The number of fused-ring (bicyclic) bond motifs is 1. The highest BCUT2D eigenvalue weighted by molar-refractivity contribution is 6.33. The number of amides is 2. The molecule has 4 rings (SSSR count). The van der Waals surface area contributed by atoms with Crippen LogP contribution in [-0.4, -0.2) is 74.0 Å². The molecule has 0 spiro atoms. The Morgan fingerprint density at radius 1 is 1.05 bits per heavy atom. The van der Waals surface area contributed by atoms with E-state index in [1.165, 1.54) is 23.4 Å². The molecular formula is C29H38ClFN4O2. The van der Waals surface area contributed by atoms with E-state index >= 15 is 0 Å². The lowest BCUT2D eigenvalue weighted by Gasteiger charge is -2.24. The third-order valence-electron chi connectivity index (χ3n) is 7.74. The molecule has 0 radical (unpaired) electrons. The number of anilines is 1. The average molecular weight is 529 g/mol. The highest BCUT2D eigenvalue weighted by atomic mass is 35.5. The molecule has 2 saturated heterocycles. The van der Waals surface area contributed by atoms with Gasteiger partial charge in [0.1, 0.15) is 5.82 Å². The number of aryl methyl sites for hydroxylation is 1. The van der Waals surface area contributed by atoms with Crippen LogP contribution in [0.25, 0.3) is 0 Å². The van der Waals surface area contributed by atoms with Gasteiger partial charge in [-0.2, -0.15) is 0 Å². The van der Waals surface area contributed by atoms with Gasteiger partial charge in [0.25, 0.3) is 5.91 Å². The number of nitrogens with one attached hydrogen (secondary N) is 1. The topological polar surface area (TPSA) is 55.9 Å². The summed E-state index contributed by atoms with van der Waals surface area (Å²) >= 11 is 6.12. The summed E-state index contributed by atoms with van der Waals surface area (Å²) in [6.45, 7) is 10.7. The second-order valence-electron chi connectivity index (χ2n) is 10.1. The lowest BCUT2D eigenvalue weighted by Crippen LogP contribution is -2.34. The van der Waals surface area contributed by atoms with Crippen LogP contribution in [-0.2, 0) is 11.2 Å². The lowest BCUT2D eigenvalue weighted by molar-refractivity contribution is -0.121. The van der Waals surface area contributed by atoms with Gasteiger partial charge >= 0.3 is 0 Å². The minimum atomic E-state index is -0.563.